The molecule has 2 heterocycles. The molecule has 0 radical (unpaired) electrons. The number of aromatic nitrogens is 4. The van der Waals surface area contributed by atoms with Crippen LogP contribution >= 0.6 is 11.6 Å². The molecule has 4 nitrogen and oxygen atoms in total. The quantitative estimate of drug-likeness (QED) is 0.774. The van der Waals surface area contributed by atoms with Crippen molar-refractivity contribution < 1.29 is 4.39 Å². The van der Waals surface area contributed by atoms with Gasteiger partial charge in [0.1, 0.15) is 0 Å². The molecule has 0 aliphatic rings. The van der Waals surface area contributed by atoms with E-state index in [0.717, 1.165) is 29.6 Å². The van der Waals surface area contributed by atoms with Crippen LogP contribution in [0.2, 0.25) is 5.28 Å². The summed E-state index contributed by atoms with van der Waals surface area (Å²) in [5.41, 5.74) is 2.84. The van der Waals surface area contributed by atoms with Crippen LogP contribution in [-0.2, 0) is 6.42 Å². The highest BCUT2D eigenvalue weighted by Crippen LogP contribution is 2.19. The topological polar surface area (TPSA) is 43.6 Å². The Labute approximate surface area is 103 Å². The Hall–Kier alpha value is -1.49. The molecular weight excluding hydrogens is 243 g/mol. The van der Waals surface area contributed by atoms with Crippen molar-refractivity contribution in [3.05, 3.63) is 34.2 Å². The Bertz CT molecular complexity index is 565. The molecule has 0 saturated carbocycles. The summed E-state index contributed by atoms with van der Waals surface area (Å²) >= 11 is 5.67. The molecule has 2 rings (SSSR count). The van der Waals surface area contributed by atoms with E-state index in [1.165, 1.54) is 4.68 Å². The standard InChI is InChI=1S/C11H12ClFN4/c1-4-8-6(2)16-17(7(8)3)10-9(13)5-14-11(12)15-10/h5H,4H2,1-3H3. The maximum atomic E-state index is 13.6. The van der Waals surface area contributed by atoms with E-state index < -0.39 is 5.82 Å². The van der Waals surface area contributed by atoms with Crippen LogP contribution in [-0.4, -0.2) is 19.7 Å². The lowest BCUT2D eigenvalue weighted by molar-refractivity contribution is 0.589. The Balaban J connectivity index is 2.64. The fourth-order valence-corrected chi connectivity index (χ4v) is 2.01. The van der Waals surface area contributed by atoms with E-state index in [2.05, 4.69) is 15.1 Å². The van der Waals surface area contributed by atoms with E-state index in [1.807, 2.05) is 20.8 Å². The van der Waals surface area contributed by atoms with Crippen molar-refractivity contribution in [2.45, 2.75) is 27.2 Å². The van der Waals surface area contributed by atoms with Crippen molar-refractivity contribution in [1.82, 2.24) is 19.7 Å². The van der Waals surface area contributed by atoms with Crippen LogP contribution in [0.5, 0.6) is 0 Å². The van der Waals surface area contributed by atoms with E-state index in [0.29, 0.717) is 0 Å². The molecule has 0 aromatic carbocycles. The molecule has 0 aliphatic carbocycles. The van der Waals surface area contributed by atoms with Crippen molar-refractivity contribution in [3.63, 3.8) is 0 Å². The predicted octanol–water partition coefficient (Wildman–Crippen LogP) is 2.63. The zero-order chi connectivity index (χ0) is 12.6. The van der Waals surface area contributed by atoms with Crippen LogP contribution < -0.4 is 0 Å². The second kappa shape index (κ2) is 4.41. The van der Waals surface area contributed by atoms with Crippen LogP contribution in [0.3, 0.4) is 0 Å². The van der Waals surface area contributed by atoms with E-state index in [9.17, 15) is 4.39 Å². The number of nitrogens with zero attached hydrogens (tertiary/aromatic N) is 4. The molecule has 17 heavy (non-hydrogen) atoms. The van der Waals surface area contributed by atoms with Crippen LogP contribution in [0, 0.1) is 19.7 Å². The van der Waals surface area contributed by atoms with Crippen molar-refractivity contribution in [2.75, 3.05) is 0 Å². The minimum atomic E-state index is -0.539. The summed E-state index contributed by atoms with van der Waals surface area (Å²) in [6.45, 7) is 5.81. The van der Waals surface area contributed by atoms with Gasteiger partial charge in [-0.1, -0.05) is 6.92 Å². The van der Waals surface area contributed by atoms with E-state index in [4.69, 9.17) is 11.6 Å². The first-order valence-electron chi connectivity index (χ1n) is 5.28. The van der Waals surface area contributed by atoms with Gasteiger partial charge in [0, 0.05) is 5.69 Å². The first-order valence-corrected chi connectivity index (χ1v) is 5.66. The third kappa shape index (κ3) is 2.02. The summed E-state index contributed by atoms with van der Waals surface area (Å²) < 4.78 is 15.1. The number of hydrogen-bond donors (Lipinski definition) is 0. The lowest BCUT2D eigenvalue weighted by Crippen LogP contribution is -2.06. The van der Waals surface area contributed by atoms with Gasteiger partial charge in [0.25, 0.3) is 0 Å². The largest absolute Gasteiger partial charge is 0.224 e. The molecule has 0 bridgehead atoms. The molecular formula is C11H12ClFN4. The average molecular weight is 255 g/mol. The minimum Gasteiger partial charge on any atom is -0.223 e. The Morgan fingerprint density at radius 1 is 1.41 bits per heavy atom. The first-order chi connectivity index (χ1) is 8.04. The van der Waals surface area contributed by atoms with Crippen LogP contribution in [0.1, 0.15) is 23.9 Å². The summed E-state index contributed by atoms with van der Waals surface area (Å²) in [6.07, 6.45) is 1.89. The normalized spacial score (nSPS) is 10.9. The Kier molecular flexibility index (Phi) is 3.11. The molecule has 2 aromatic heterocycles. The molecule has 0 aliphatic heterocycles. The maximum absolute atomic E-state index is 13.6. The highest BCUT2D eigenvalue weighted by molar-refractivity contribution is 6.28. The van der Waals surface area contributed by atoms with Gasteiger partial charge in [0.05, 0.1) is 11.9 Å². The zero-order valence-electron chi connectivity index (χ0n) is 9.83. The second-order valence-corrected chi connectivity index (χ2v) is 4.06. The SMILES string of the molecule is CCc1c(C)nn(-c2nc(Cl)ncc2F)c1C. The lowest BCUT2D eigenvalue weighted by Gasteiger charge is -2.04. The van der Waals surface area contributed by atoms with E-state index >= 15 is 0 Å². The minimum absolute atomic E-state index is 0.00648. The monoisotopic (exact) mass is 254 g/mol. The smallest absolute Gasteiger partial charge is 0.223 e. The van der Waals surface area contributed by atoms with Crippen LogP contribution in [0.25, 0.3) is 5.82 Å². The zero-order valence-corrected chi connectivity index (χ0v) is 10.6. The molecule has 0 unspecified atom stereocenters. The van der Waals surface area contributed by atoms with Crippen molar-refractivity contribution in [1.29, 1.82) is 0 Å². The summed E-state index contributed by atoms with van der Waals surface area (Å²) in [4.78, 5) is 7.45. The first kappa shape index (κ1) is 12.0. The number of aryl methyl sites for hydroxylation is 1. The predicted molar refractivity (Wildman–Crippen MR) is 63.0 cm³/mol. The van der Waals surface area contributed by atoms with Gasteiger partial charge in [-0.25, -0.2) is 14.1 Å². The molecule has 0 atom stereocenters. The molecule has 0 amide bonds. The second-order valence-electron chi connectivity index (χ2n) is 3.73. The van der Waals surface area contributed by atoms with E-state index in [1.54, 1.807) is 0 Å². The van der Waals surface area contributed by atoms with Crippen molar-refractivity contribution in [3.8, 4) is 5.82 Å². The molecule has 90 valence electrons. The molecule has 6 heteroatoms. The highest BCUT2D eigenvalue weighted by atomic mass is 35.5. The fraction of sp³-hybridized carbons (Fsp3) is 0.364. The summed E-state index contributed by atoms with van der Waals surface area (Å²) in [6, 6.07) is 0. The van der Waals surface area contributed by atoms with E-state index in [-0.39, 0.29) is 11.1 Å². The van der Waals surface area contributed by atoms with Gasteiger partial charge in [-0.15, -0.1) is 0 Å². The lowest BCUT2D eigenvalue weighted by atomic mass is 10.1. The maximum Gasteiger partial charge on any atom is 0.224 e. The third-order valence-electron chi connectivity index (χ3n) is 2.69. The summed E-state index contributed by atoms with van der Waals surface area (Å²) in [5, 5.41) is 4.29. The third-order valence-corrected chi connectivity index (χ3v) is 2.87. The van der Waals surface area contributed by atoms with Crippen molar-refractivity contribution >= 4 is 11.6 Å². The van der Waals surface area contributed by atoms with Gasteiger partial charge in [-0.2, -0.15) is 10.1 Å². The van der Waals surface area contributed by atoms with Gasteiger partial charge in [0.15, 0.2) is 11.6 Å². The molecule has 0 saturated heterocycles. The number of rotatable bonds is 2. The highest BCUT2D eigenvalue weighted by Gasteiger charge is 2.15. The Morgan fingerprint density at radius 2 is 2.12 bits per heavy atom. The molecule has 0 spiro atoms. The molecule has 0 N–H and O–H groups in total. The molecule has 0 fully saturated rings. The van der Waals surface area contributed by atoms with Gasteiger partial charge in [-0.3, -0.25) is 0 Å². The number of halogens is 2. The van der Waals surface area contributed by atoms with Crippen molar-refractivity contribution in [2.24, 2.45) is 0 Å². The van der Waals surface area contributed by atoms with Crippen LogP contribution in [0.4, 0.5) is 4.39 Å². The molecule has 2 aromatic rings. The number of hydrogen-bond acceptors (Lipinski definition) is 3. The fourth-order valence-electron chi connectivity index (χ4n) is 1.88. The van der Waals surface area contributed by atoms with Gasteiger partial charge >= 0.3 is 0 Å². The summed E-state index contributed by atoms with van der Waals surface area (Å²) in [5.74, 6) is -0.451. The van der Waals surface area contributed by atoms with Gasteiger partial charge < -0.3 is 0 Å². The van der Waals surface area contributed by atoms with Gasteiger partial charge in [0.2, 0.25) is 5.28 Å². The van der Waals surface area contributed by atoms with Crippen LogP contribution in [0.15, 0.2) is 6.20 Å². The average Bonchev–Trinajstić information content (AvgIpc) is 2.57. The summed E-state index contributed by atoms with van der Waals surface area (Å²) in [7, 11) is 0. The Morgan fingerprint density at radius 3 is 2.71 bits per heavy atom. The van der Waals surface area contributed by atoms with Gasteiger partial charge in [-0.05, 0) is 37.4 Å².